The Balaban J connectivity index is 2.16. The van der Waals surface area contributed by atoms with Crippen molar-refractivity contribution in [3.05, 3.63) is 62.4 Å². The van der Waals surface area contributed by atoms with Crippen molar-refractivity contribution in [2.45, 2.75) is 13.5 Å². The first-order chi connectivity index (χ1) is 9.08. The number of halogens is 1. The number of pyridine rings is 1. The van der Waals surface area contributed by atoms with Crippen molar-refractivity contribution in [1.29, 1.82) is 0 Å². The first-order valence-electron chi connectivity index (χ1n) is 5.65. The molecule has 0 aliphatic carbocycles. The minimum Gasteiger partial charge on any atom is -0.380 e. The summed E-state index contributed by atoms with van der Waals surface area (Å²) in [7, 11) is 0. The number of nitro groups is 1. The molecule has 0 radical (unpaired) electrons. The fraction of sp³-hybridized carbons (Fsp3) is 0.154. The Hall–Kier alpha value is -1.95. The molecule has 0 saturated carbocycles. The lowest BCUT2D eigenvalue weighted by Crippen LogP contribution is -2.03. The lowest BCUT2D eigenvalue weighted by molar-refractivity contribution is -0.385. The molecule has 98 valence electrons. The standard InChI is InChI=1S/C13H12BrN3O2/c1-9-12(3-2-4-13(9)17(18)19)16-7-10-5-11(14)8-15-6-10/h2-6,8,16H,7H2,1H3. The second kappa shape index (κ2) is 5.79. The predicted molar refractivity (Wildman–Crippen MR) is 77.1 cm³/mol. The van der Waals surface area contributed by atoms with Crippen LogP contribution < -0.4 is 5.32 Å². The van der Waals surface area contributed by atoms with Crippen molar-refractivity contribution in [3.63, 3.8) is 0 Å². The molecule has 1 aromatic carbocycles. The van der Waals surface area contributed by atoms with Crippen LogP contribution in [0.5, 0.6) is 0 Å². The zero-order valence-corrected chi connectivity index (χ0v) is 11.8. The minimum absolute atomic E-state index is 0.123. The Kier molecular flexibility index (Phi) is 4.11. The highest BCUT2D eigenvalue weighted by atomic mass is 79.9. The van der Waals surface area contributed by atoms with Crippen molar-refractivity contribution in [2.24, 2.45) is 0 Å². The molecule has 1 heterocycles. The lowest BCUT2D eigenvalue weighted by atomic mass is 10.1. The van der Waals surface area contributed by atoms with Crippen LogP contribution in [0.1, 0.15) is 11.1 Å². The summed E-state index contributed by atoms with van der Waals surface area (Å²) in [6.45, 7) is 2.30. The Morgan fingerprint density at radius 2 is 2.21 bits per heavy atom. The van der Waals surface area contributed by atoms with E-state index in [1.165, 1.54) is 6.07 Å². The van der Waals surface area contributed by atoms with Gasteiger partial charge in [0.1, 0.15) is 0 Å². The molecule has 0 unspecified atom stereocenters. The molecule has 0 spiro atoms. The van der Waals surface area contributed by atoms with E-state index in [1.807, 2.05) is 12.1 Å². The second-order valence-electron chi connectivity index (χ2n) is 4.07. The summed E-state index contributed by atoms with van der Waals surface area (Å²) in [4.78, 5) is 14.6. The van der Waals surface area contributed by atoms with Crippen molar-refractivity contribution in [2.75, 3.05) is 5.32 Å². The van der Waals surface area contributed by atoms with E-state index in [1.54, 1.807) is 25.4 Å². The lowest BCUT2D eigenvalue weighted by Gasteiger charge is -2.09. The number of rotatable bonds is 4. The maximum atomic E-state index is 10.9. The van der Waals surface area contributed by atoms with E-state index in [9.17, 15) is 10.1 Å². The van der Waals surface area contributed by atoms with E-state index in [4.69, 9.17) is 0 Å². The van der Waals surface area contributed by atoms with Gasteiger partial charge >= 0.3 is 0 Å². The molecule has 2 rings (SSSR count). The second-order valence-corrected chi connectivity index (χ2v) is 4.99. The number of hydrogen-bond donors (Lipinski definition) is 1. The van der Waals surface area contributed by atoms with Crippen LogP contribution in [0.3, 0.4) is 0 Å². The minimum atomic E-state index is -0.374. The highest BCUT2D eigenvalue weighted by Crippen LogP contribution is 2.25. The molecule has 5 nitrogen and oxygen atoms in total. The summed E-state index contributed by atoms with van der Waals surface area (Å²) < 4.78 is 0.905. The maximum Gasteiger partial charge on any atom is 0.274 e. The summed E-state index contributed by atoms with van der Waals surface area (Å²) >= 11 is 3.35. The van der Waals surface area contributed by atoms with Crippen LogP contribution in [0.2, 0.25) is 0 Å². The first-order valence-corrected chi connectivity index (χ1v) is 6.44. The largest absolute Gasteiger partial charge is 0.380 e. The molecule has 1 aromatic heterocycles. The topological polar surface area (TPSA) is 68.1 Å². The predicted octanol–water partition coefficient (Wildman–Crippen LogP) is 3.67. The van der Waals surface area contributed by atoms with Gasteiger partial charge in [0, 0.05) is 40.7 Å². The van der Waals surface area contributed by atoms with E-state index in [0.29, 0.717) is 12.1 Å². The van der Waals surface area contributed by atoms with Gasteiger partial charge in [-0.15, -0.1) is 0 Å². The summed E-state index contributed by atoms with van der Waals surface area (Å²) in [5, 5.41) is 14.0. The number of nitrogens with zero attached hydrogens (tertiary/aromatic N) is 2. The van der Waals surface area contributed by atoms with Crippen molar-refractivity contribution < 1.29 is 4.92 Å². The van der Waals surface area contributed by atoms with Crippen LogP contribution in [0.4, 0.5) is 11.4 Å². The van der Waals surface area contributed by atoms with E-state index >= 15 is 0 Å². The van der Waals surface area contributed by atoms with Gasteiger partial charge in [0.15, 0.2) is 0 Å². The van der Waals surface area contributed by atoms with Crippen molar-refractivity contribution >= 4 is 27.3 Å². The van der Waals surface area contributed by atoms with E-state index in [0.717, 1.165) is 15.7 Å². The van der Waals surface area contributed by atoms with Gasteiger partial charge in [0.2, 0.25) is 0 Å². The number of aromatic nitrogens is 1. The first kappa shape index (κ1) is 13.5. The third-order valence-electron chi connectivity index (χ3n) is 2.75. The normalized spacial score (nSPS) is 10.2. The van der Waals surface area contributed by atoms with Gasteiger partial charge in [0.05, 0.1) is 4.92 Å². The Morgan fingerprint density at radius 1 is 1.42 bits per heavy atom. The van der Waals surface area contributed by atoms with Crippen LogP contribution >= 0.6 is 15.9 Å². The van der Waals surface area contributed by atoms with E-state index in [2.05, 4.69) is 26.2 Å². The summed E-state index contributed by atoms with van der Waals surface area (Å²) in [6.07, 6.45) is 3.46. The van der Waals surface area contributed by atoms with Gasteiger partial charge in [0.25, 0.3) is 5.69 Å². The molecule has 2 aromatic rings. The van der Waals surface area contributed by atoms with Gasteiger partial charge in [-0.1, -0.05) is 6.07 Å². The highest BCUT2D eigenvalue weighted by Gasteiger charge is 2.12. The SMILES string of the molecule is Cc1c(NCc2cncc(Br)c2)cccc1[N+](=O)[O-]. The quantitative estimate of drug-likeness (QED) is 0.689. The van der Waals surface area contributed by atoms with Crippen LogP contribution in [-0.4, -0.2) is 9.91 Å². The zero-order valence-electron chi connectivity index (χ0n) is 10.3. The molecule has 0 fully saturated rings. The van der Waals surface area contributed by atoms with Crippen LogP contribution in [-0.2, 0) is 6.54 Å². The van der Waals surface area contributed by atoms with Gasteiger partial charge < -0.3 is 5.32 Å². The average molecular weight is 322 g/mol. The fourth-order valence-corrected chi connectivity index (χ4v) is 2.17. The number of benzene rings is 1. The average Bonchev–Trinajstić information content (AvgIpc) is 2.37. The monoisotopic (exact) mass is 321 g/mol. The number of nitrogens with one attached hydrogen (secondary N) is 1. The Bertz CT molecular complexity index is 617. The third kappa shape index (κ3) is 3.29. The van der Waals surface area contributed by atoms with Crippen LogP contribution in [0.15, 0.2) is 41.1 Å². The third-order valence-corrected chi connectivity index (χ3v) is 3.18. The maximum absolute atomic E-state index is 10.9. The molecule has 0 aliphatic rings. The fourth-order valence-electron chi connectivity index (χ4n) is 1.76. The summed E-state index contributed by atoms with van der Waals surface area (Å²) in [5.74, 6) is 0. The van der Waals surface area contributed by atoms with Gasteiger partial charge in [-0.3, -0.25) is 15.1 Å². The Morgan fingerprint density at radius 3 is 2.89 bits per heavy atom. The van der Waals surface area contributed by atoms with Gasteiger partial charge in [-0.25, -0.2) is 0 Å². The van der Waals surface area contributed by atoms with Gasteiger partial charge in [-0.2, -0.15) is 0 Å². The van der Waals surface area contributed by atoms with Crippen LogP contribution in [0.25, 0.3) is 0 Å². The number of hydrogen-bond acceptors (Lipinski definition) is 4. The Labute approximate surface area is 119 Å². The molecule has 0 bridgehead atoms. The molecule has 19 heavy (non-hydrogen) atoms. The van der Waals surface area contributed by atoms with Crippen LogP contribution in [0, 0.1) is 17.0 Å². The summed E-state index contributed by atoms with van der Waals surface area (Å²) in [6, 6.07) is 6.95. The molecule has 0 saturated heterocycles. The van der Waals surface area contributed by atoms with E-state index < -0.39 is 0 Å². The molecule has 0 aliphatic heterocycles. The van der Waals surface area contributed by atoms with Gasteiger partial charge in [-0.05, 0) is 40.5 Å². The number of nitro benzene ring substituents is 1. The molecule has 6 heteroatoms. The van der Waals surface area contributed by atoms with Crippen molar-refractivity contribution in [1.82, 2.24) is 4.98 Å². The molecular weight excluding hydrogens is 310 g/mol. The molecule has 0 amide bonds. The van der Waals surface area contributed by atoms with E-state index in [-0.39, 0.29) is 10.6 Å². The van der Waals surface area contributed by atoms with Crippen molar-refractivity contribution in [3.8, 4) is 0 Å². The number of anilines is 1. The smallest absolute Gasteiger partial charge is 0.274 e. The zero-order chi connectivity index (χ0) is 13.8. The summed E-state index contributed by atoms with van der Waals surface area (Å²) in [5.41, 5.74) is 2.52. The molecule has 1 N–H and O–H groups in total. The molecular formula is C13H12BrN3O2. The highest BCUT2D eigenvalue weighted by molar-refractivity contribution is 9.10. The molecule has 0 atom stereocenters.